The van der Waals surface area contributed by atoms with Gasteiger partial charge in [-0.1, -0.05) is 0 Å². The smallest absolute Gasteiger partial charge is 0.263 e. The van der Waals surface area contributed by atoms with Crippen molar-refractivity contribution in [3.63, 3.8) is 0 Å². The molecule has 4 aliphatic carbocycles. The van der Waals surface area contributed by atoms with E-state index < -0.39 is 11.9 Å². The second-order valence-electron chi connectivity index (χ2n) is 7.48. The molecule has 6 heteroatoms. The third-order valence-corrected chi connectivity index (χ3v) is 5.83. The van der Waals surface area contributed by atoms with Crippen molar-refractivity contribution in [2.45, 2.75) is 51.0 Å². The molecule has 1 atom stereocenters. The molecule has 6 nitrogen and oxygen atoms in total. The third-order valence-electron chi connectivity index (χ3n) is 5.83. The van der Waals surface area contributed by atoms with Crippen molar-refractivity contribution >= 4 is 17.6 Å². The number of nitrogens with one attached hydrogen (secondary N) is 2. The number of amides is 2. The standard InChI is InChI=1S/C15H22N4O2/c16-12(20)4-11-13(21)18-19-14(17-11)15-5-8-1-9(6-15)3-10(2-8)7-15/h8-11H,1-7H2,(H2,16,20)(H,17,19)(H,18,21). The largest absolute Gasteiger partial charge is 0.370 e. The summed E-state index contributed by atoms with van der Waals surface area (Å²) >= 11 is 0. The first kappa shape index (κ1) is 13.1. The van der Waals surface area contributed by atoms with Gasteiger partial charge in [-0.3, -0.25) is 25.4 Å². The average molecular weight is 290 g/mol. The maximum absolute atomic E-state index is 11.8. The fraction of sp³-hybridized carbons (Fsp3) is 0.800. The lowest BCUT2D eigenvalue weighted by Gasteiger charge is -2.57. The van der Waals surface area contributed by atoms with Gasteiger partial charge in [0.1, 0.15) is 11.9 Å². The van der Waals surface area contributed by atoms with E-state index in [0.29, 0.717) is 0 Å². The number of nitrogens with two attached hydrogens (primary N) is 1. The molecule has 0 saturated heterocycles. The van der Waals surface area contributed by atoms with Crippen molar-refractivity contribution in [3.05, 3.63) is 0 Å². The highest BCUT2D eigenvalue weighted by Crippen LogP contribution is 2.60. The topological polar surface area (TPSA) is 96.6 Å². The molecule has 0 aromatic rings. The van der Waals surface area contributed by atoms with Crippen molar-refractivity contribution in [2.24, 2.45) is 33.9 Å². The Kier molecular flexibility index (Phi) is 2.78. The van der Waals surface area contributed by atoms with Gasteiger partial charge < -0.3 is 5.73 Å². The van der Waals surface area contributed by atoms with Crippen molar-refractivity contribution in [3.8, 4) is 0 Å². The molecular weight excluding hydrogens is 268 g/mol. The van der Waals surface area contributed by atoms with Crippen LogP contribution in [0.1, 0.15) is 44.9 Å². The molecule has 0 aromatic carbocycles. The maximum atomic E-state index is 11.8. The van der Waals surface area contributed by atoms with Gasteiger partial charge in [0, 0.05) is 5.41 Å². The number of primary amides is 1. The average Bonchev–Trinajstić information content (AvgIpc) is 2.39. The molecular formula is C15H22N4O2. The van der Waals surface area contributed by atoms with Gasteiger partial charge in [0.05, 0.1) is 6.42 Å². The Bertz CT molecular complexity index is 492. The van der Waals surface area contributed by atoms with Crippen LogP contribution in [0, 0.1) is 23.2 Å². The second-order valence-corrected chi connectivity index (χ2v) is 7.48. The summed E-state index contributed by atoms with van der Waals surface area (Å²) < 4.78 is 0. The molecule has 0 radical (unpaired) electrons. The lowest BCUT2D eigenvalue weighted by Crippen LogP contribution is -2.61. The highest BCUT2D eigenvalue weighted by Gasteiger charge is 2.54. The molecule has 4 saturated carbocycles. The quantitative estimate of drug-likeness (QED) is 0.705. The van der Waals surface area contributed by atoms with Gasteiger partial charge in [-0.25, -0.2) is 0 Å². The molecule has 4 bridgehead atoms. The summed E-state index contributed by atoms with van der Waals surface area (Å²) in [7, 11) is 0. The Morgan fingerprint density at radius 2 is 1.71 bits per heavy atom. The van der Waals surface area contributed by atoms with Crippen LogP contribution in [0.3, 0.4) is 0 Å². The van der Waals surface area contributed by atoms with Crippen LogP contribution in [0.5, 0.6) is 0 Å². The van der Waals surface area contributed by atoms with Crippen LogP contribution in [-0.2, 0) is 9.59 Å². The van der Waals surface area contributed by atoms with E-state index in [-0.39, 0.29) is 17.7 Å². The summed E-state index contributed by atoms with van der Waals surface area (Å²) in [5.41, 5.74) is 11.0. The van der Waals surface area contributed by atoms with Gasteiger partial charge in [0.2, 0.25) is 5.91 Å². The lowest BCUT2D eigenvalue weighted by molar-refractivity contribution is -0.127. The number of amidine groups is 1. The summed E-state index contributed by atoms with van der Waals surface area (Å²) in [6.07, 6.45) is 7.60. The van der Waals surface area contributed by atoms with Crippen LogP contribution in [0.15, 0.2) is 4.99 Å². The van der Waals surface area contributed by atoms with E-state index in [1.807, 2.05) is 0 Å². The molecule has 5 rings (SSSR count). The van der Waals surface area contributed by atoms with Gasteiger partial charge in [-0.05, 0) is 56.3 Å². The highest BCUT2D eigenvalue weighted by atomic mass is 16.2. The predicted molar refractivity (Wildman–Crippen MR) is 76.9 cm³/mol. The van der Waals surface area contributed by atoms with Crippen LogP contribution in [0.2, 0.25) is 0 Å². The Labute approximate surface area is 123 Å². The number of aliphatic imine (C=N–C) groups is 1. The summed E-state index contributed by atoms with van der Waals surface area (Å²) in [6.45, 7) is 0. The number of hydrazine groups is 1. The molecule has 114 valence electrons. The number of rotatable bonds is 3. The maximum Gasteiger partial charge on any atom is 0.263 e. The predicted octanol–water partition coefficient (Wildman–Crippen LogP) is 0.480. The fourth-order valence-electron chi connectivity index (χ4n) is 5.45. The Balaban J connectivity index is 1.63. The normalized spacial score (nSPS) is 44.0. The minimum atomic E-state index is -0.660. The number of nitrogens with zero attached hydrogens (tertiary/aromatic N) is 1. The molecule has 1 unspecified atom stereocenters. The molecule has 5 aliphatic rings. The van der Waals surface area contributed by atoms with E-state index in [0.717, 1.165) is 23.6 Å². The summed E-state index contributed by atoms with van der Waals surface area (Å²) in [5, 5.41) is 0. The minimum absolute atomic E-state index is 0.0105. The number of carbonyl (C=O) groups is 2. The van der Waals surface area contributed by atoms with Gasteiger partial charge in [-0.2, -0.15) is 0 Å². The Morgan fingerprint density at radius 3 is 2.24 bits per heavy atom. The molecule has 21 heavy (non-hydrogen) atoms. The fourth-order valence-corrected chi connectivity index (χ4v) is 5.45. The zero-order valence-electron chi connectivity index (χ0n) is 12.1. The first-order valence-electron chi connectivity index (χ1n) is 7.96. The first-order valence-corrected chi connectivity index (χ1v) is 7.96. The second kappa shape index (κ2) is 4.45. The van der Waals surface area contributed by atoms with E-state index in [2.05, 4.69) is 15.8 Å². The Hall–Kier alpha value is -1.59. The van der Waals surface area contributed by atoms with Gasteiger partial charge in [0.15, 0.2) is 0 Å². The number of carbonyl (C=O) groups excluding carboxylic acids is 2. The summed E-state index contributed by atoms with van der Waals surface area (Å²) in [6, 6.07) is -0.660. The third kappa shape index (κ3) is 2.12. The van der Waals surface area contributed by atoms with Crippen LogP contribution < -0.4 is 16.6 Å². The monoisotopic (exact) mass is 290 g/mol. The van der Waals surface area contributed by atoms with E-state index in [1.54, 1.807) is 0 Å². The van der Waals surface area contributed by atoms with Crippen LogP contribution in [-0.4, -0.2) is 23.7 Å². The van der Waals surface area contributed by atoms with E-state index in [4.69, 9.17) is 5.73 Å². The van der Waals surface area contributed by atoms with Crippen molar-refractivity contribution in [1.29, 1.82) is 0 Å². The van der Waals surface area contributed by atoms with Gasteiger partial charge in [-0.15, -0.1) is 0 Å². The van der Waals surface area contributed by atoms with Crippen LogP contribution in [0.4, 0.5) is 0 Å². The zero-order chi connectivity index (χ0) is 14.6. The molecule has 1 aliphatic heterocycles. The van der Waals surface area contributed by atoms with Gasteiger partial charge in [0.25, 0.3) is 5.91 Å². The zero-order valence-corrected chi connectivity index (χ0v) is 12.1. The molecule has 4 N–H and O–H groups in total. The van der Waals surface area contributed by atoms with E-state index in [9.17, 15) is 9.59 Å². The summed E-state index contributed by atoms with van der Waals surface area (Å²) in [4.78, 5) is 27.5. The molecule has 0 spiro atoms. The molecule has 4 fully saturated rings. The molecule has 0 aromatic heterocycles. The van der Waals surface area contributed by atoms with Crippen molar-refractivity contribution < 1.29 is 9.59 Å². The van der Waals surface area contributed by atoms with E-state index >= 15 is 0 Å². The summed E-state index contributed by atoms with van der Waals surface area (Å²) in [5.74, 6) is 2.59. The Morgan fingerprint density at radius 1 is 1.14 bits per heavy atom. The number of hydrogen-bond donors (Lipinski definition) is 3. The SMILES string of the molecule is NC(=O)CC1N=C(C23CC4CC(CC(C4)C2)C3)NNC1=O. The molecule has 2 amide bonds. The van der Waals surface area contributed by atoms with Crippen LogP contribution in [0.25, 0.3) is 0 Å². The minimum Gasteiger partial charge on any atom is -0.370 e. The van der Waals surface area contributed by atoms with Crippen molar-refractivity contribution in [1.82, 2.24) is 10.9 Å². The lowest BCUT2D eigenvalue weighted by atomic mass is 9.49. The molecule has 1 heterocycles. The van der Waals surface area contributed by atoms with Crippen molar-refractivity contribution in [2.75, 3.05) is 0 Å². The van der Waals surface area contributed by atoms with Gasteiger partial charge >= 0.3 is 0 Å². The number of hydrogen-bond acceptors (Lipinski definition) is 4. The van der Waals surface area contributed by atoms with Crippen LogP contribution >= 0.6 is 0 Å². The highest BCUT2D eigenvalue weighted by molar-refractivity contribution is 5.98. The van der Waals surface area contributed by atoms with E-state index in [1.165, 1.54) is 38.5 Å². The first-order chi connectivity index (χ1) is 10.0.